The van der Waals surface area contributed by atoms with Gasteiger partial charge in [-0.3, -0.25) is 20.0 Å². The Morgan fingerprint density at radius 3 is 2.41 bits per heavy atom. The Bertz CT molecular complexity index is 1420. The summed E-state index contributed by atoms with van der Waals surface area (Å²) >= 11 is 0. The highest BCUT2D eigenvalue weighted by Crippen LogP contribution is 2.36. The summed E-state index contributed by atoms with van der Waals surface area (Å²) < 4.78 is 2.16. The number of carbonyl (C=O) groups is 2. The Labute approximate surface area is 217 Å². The summed E-state index contributed by atoms with van der Waals surface area (Å²) in [4.78, 5) is 30.7. The molecule has 0 radical (unpaired) electrons. The molecule has 2 amide bonds. The first-order valence-corrected chi connectivity index (χ1v) is 12.9. The predicted octanol–water partition coefficient (Wildman–Crippen LogP) is 4.64. The number of aromatic nitrogens is 2. The van der Waals surface area contributed by atoms with Crippen LogP contribution in [0, 0.1) is 0 Å². The van der Waals surface area contributed by atoms with E-state index in [1.54, 1.807) is 6.20 Å². The third kappa shape index (κ3) is 5.13. The van der Waals surface area contributed by atoms with Crippen LogP contribution in [-0.2, 0) is 13.0 Å². The Morgan fingerprint density at radius 1 is 1.03 bits per heavy atom. The quantitative estimate of drug-likeness (QED) is 0.372. The fourth-order valence-electron chi connectivity index (χ4n) is 5.40. The number of primary amides is 1. The zero-order valence-electron chi connectivity index (χ0n) is 21.4. The molecule has 1 fully saturated rings. The van der Waals surface area contributed by atoms with Crippen LogP contribution < -0.4 is 11.2 Å². The van der Waals surface area contributed by atoms with Crippen molar-refractivity contribution in [1.29, 1.82) is 0 Å². The smallest absolute Gasteiger partial charge is 0.265 e. The maximum absolute atomic E-state index is 13.4. The van der Waals surface area contributed by atoms with Gasteiger partial charge in [-0.1, -0.05) is 50.2 Å². The monoisotopic (exact) mass is 495 g/mol. The number of carbonyl (C=O) groups excluding carboxylic acids is 2. The molecule has 5 rings (SSSR count). The van der Waals surface area contributed by atoms with E-state index in [4.69, 9.17) is 5.73 Å². The van der Waals surface area contributed by atoms with Crippen LogP contribution in [0.15, 0.2) is 67.0 Å². The van der Waals surface area contributed by atoms with Gasteiger partial charge in [-0.15, -0.1) is 0 Å². The topological polar surface area (TPSA) is 93.2 Å². The van der Waals surface area contributed by atoms with Crippen LogP contribution >= 0.6 is 0 Å². The number of nitrogens with two attached hydrogens (primary N) is 1. The Hall–Kier alpha value is -3.97. The van der Waals surface area contributed by atoms with Crippen molar-refractivity contribution >= 4 is 22.7 Å². The molecular formula is C30H33N5O2. The van der Waals surface area contributed by atoms with Gasteiger partial charge in [0.15, 0.2) is 0 Å². The molecule has 1 aliphatic rings. The van der Waals surface area contributed by atoms with E-state index in [1.807, 2.05) is 53.7 Å². The molecule has 0 bridgehead atoms. The summed E-state index contributed by atoms with van der Waals surface area (Å²) in [6, 6.07) is 17.9. The highest BCUT2D eigenvalue weighted by atomic mass is 16.2. The summed E-state index contributed by atoms with van der Waals surface area (Å²) in [5.74, 6) is -0.552. The third-order valence-corrected chi connectivity index (χ3v) is 7.01. The first kappa shape index (κ1) is 24.7. The Balaban J connectivity index is 1.74. The van der Waals surface area contributed by atoms with Crippen LogP contribution in [0.25, 0.3) is 10.9 Å². The van der Waals surface area contributed by atoms with Crippen molar-refractivity contribution in [3.8, 4) is 0 Å². The van der Waals surface area contributed by atoms with E-state index in [0.29, 0.717) is 24.1 Å². The standard InChI is InChI=1S/C30H33N5O2/c1-20(2)28-27(29(31)36)26-23(15-22-11-8-12-32-18-22)16-24(30(37)33-34-13-6-7-14-34)17-25(26)35(28)19-21-9-4-3-5-10-21/h3-5,8-12,16-18,20H,6-7,13-15,19H2,1-2H3,(H2,31,36)(H,33,37). The second-order valence-corrected chi connectivity index (χ2v) is 10.1. The molecule has 2 aromatic carbocycles. The number of fused-ring (bicyclic) bond motifs is 1. The summed E-state index contributed by atoms with van der Waals surface area (Å²) in [5.41, 5.74) is 14.9. The number of hydrogen-bond donors (Lipinski definition) is 2. The fourth-order valence-corrected chi connectivity index (χ4v) is 5.40. The van der Waals surface area contributed by atoms with Crippen LogP contribution in [0.5, 0.6) is 0 Å². The van der Waals surface area contributed by atoms with Gasteiger partial charge in [0, 0.05) is 48.7 Å². The predicted molar refractivity (Wildman–Crippen MR) is 145 cm³/mol. The van der Waals surface area contributed by atoms with Crippen molar-refractivity contribution < 1.29 is 9.59 Å². The van der Waals surface area contributed by atoms with Crippen LogP contribution in [0.4, 0.5) is 0 Å². The molecule has 0 unspecified atom stereocenters. The SMILES string of the molecule is CC(C)c1c(C(N)=O)c2c(Cc3cccnc3)cc(C(=O)NN3CCCC3)cc2n1Cc1ccccc1. The van der Waals surface area contributed by atoms with Crippen LogP contribution in [-0.4, -0.2) is 39.5 Å². The van der Waals surface area contributed by atoms with Gasteiger partial charge in [-0.05, 0) is 60.1 Å². The molecular weight excluding hydrogens is 462 g/mol. The number of hydrogen-bond acceptors (Lipinski definition) is 4. The fraction of sp³-hybridized carbons (Fsp3) is 0.300. The molecule has 0 aliphatic carbocycles. The third-order valence-electron chi connectivity index (χ3n) is 7.01. The van der Waals surface area contributed by atoms with Crippen molar-refractivity contribution in [2.75, 3.05) is 13.1 Å². The average Bonchev–Trinajstić information content (AvgIpc) is 3.51. The van der Waals surface area contributed by atoms with Gasteiger partial charge in [-0.2, -0.15) is 0 Å². The van der Waals surface area contributed by atoms with Gasteiger partial charge in [-0.25, -0.2) is 5.01 Å². The Morgan fingerprint density at radius 2 is 1.76 bits per heavy atom. The van der Waals surface area contributed by atoms with Crippen molar-refractivity contribution in [2.45, 2.75) is 45.6 Å². The van der Waals surface area contributed by atoms with Crippen molar-refractivity contribution in [3.63, 3.8) is 0 Å². The summed E-state index contributed by atoms with van der Waals surface area (Å²) in [5, 5.41) is 2.79. The molecule has 37 heavy (non-hydrogen) atoms. The molecule has 0 spiro atoms. The van der Waals surface area contributed by atoms with Crippen LogP contribution in [0.2, 0.25) is 0 Å². The first-order chi connectivity index (χ1) is 17.9. The zero-order valence-corrected chi connectivity index (χ0v) is 21.4. The van der Waals surface area contributed by atoms with Gasteiger partial charge >= 0.3 is 0 Å². The molecule has 0 atom stereocenters. The molecule has 3 N–H and O–H groups in total. The number of amides is 2. The zero-order chi connectivity index (χ0) is 25.9. The lowest BCUT2D eigenvalue weighted by Crippen LogP contribution is -2.40. The lowest BCUT2D eigenvalue weighted by atomic mass is 9.95. The first-order valence-electron chi connectivity index (χ1n) is 12.9. The van der Waals surface area contributed by atoms with E-state index in [9.17, 15) is 9.59 Å². The number of nitrogens with one attached hydrogen (secondary N) is 1. The lowest BCUT2D eigenvalue weighted by Gasteiger charge is -2.18. The van der Waals surface area contributed by atoms with Gasteiger partial charge in [0.05, 0.1) is 11.1 Å². The van der Waals surface area contributed by atoms with E-state index in [1.165, 1.54) is 0 Å². The van der Waals surface area contributed by atoms with Gasteiger partial charge in [0.2, 0.25) is 0 Å². The van der Waals surface area contributed by atoms with Crippen LogP contribution in [0.1, 0.15) is 75.7 Å². The molecule has 1 aliphatic heterocycles. The molecule has 4 aromatic rings. The highest BCUT2D eigenvalue weighted by Gasteiger charge is 2.27. The number of nitrogens with zero attached hydrogens (tertiary/aromatic N) is 3. The van der Waals surface area contributed by atoms with Crippen molar-refractivity contribution in [3.05, 3.63) is 101 Å². The second kappa shape index (κ2) is 10.6. The summed E-state index contributed by atoms with van der Waals surface area (Å²) in [7, 11) is 0. The summed E-state index contributed by atoms with van der Waals surface area (Å²) in [6.45, 7) is 6.42. The summed E-state index contributed by atoms with van der Waals surface area (Å²) in [6.07, 6.45) is 6.23. The molecule has 190 valence electrons. The Kier molecular flexibility index (Phi) is 7.06. The van der Waals surface area contributed by atoms with E-state index < -0.39 is 5.91 Å². The van der Waals surface area contributed by atoms with E-state index in [-0.39, 0.29) is 11.8 Å². The van der Waals surface area contributed by atoms with Gasteiger partial charge < -0.3 is 10.3 Å². The number of rotatable bonds is 8. The molecule has 1 saturated heterocycles. The normalized spacial score (nSPS) is 13.9. The maximum atomic E-state index is 13.4. The minimum atomic E-state index is -0.456. The van der Waals surface area contributed by atoms with E-state index in [2.05, 4.69) is 41.0 Å². The molecule has 3 heterocycles. The molecule has 2 aromatic heterocycles. The van der Waals surface area contributed by atoms with Crippen molar-refractivity contribution in [1.82, 2.24) is 20.0 Å². The van der Waals surface area contributed by atoms with Gasteiger partial charge in [0.25, 0.3) is 11.8 Å². The van der Waals surface area contributed by atoms with Crippen LogP contribution in [0.3, 0.4) is 0 Å². The number of benzene rings is 2. The molecule has 7 heteroatoms. The van der Waals surface area contributed by atoms with Crippen molar-refractivity contribution in [2.24, 2.45) is 5.73 Å². The molecule has 0 saturated carbocycles. The highest BCUT2D eigenvalue weighted by molar-refractivity contribution is 6.11. The van der Waals surface area contributed by atoms with E-state index in [0.717, 1.165) is 59.2 Å². The maximum Gasteiger partial charge on any atom is 0.265 e. The van der Waals surface area contributed by atoms with Gasteiger partial charge in [0.1, 0.15) is 0 Å². The minimum absolute atomic E-state index is 0.0479. The molecule has 7 nitrogen and oxygen atoms in total. The van der Waals surface area contributed by atoms with E-state index >= 15 is 0 Å². The minimum Gasteiger partial charge on any atom is -0.366 e. The second-order valence-electron chi connectivity index (χ2n) is 10.1. The lowest BCUT2D eigenvalue weighted by molar-refractivity contribution is 0.0825. The largest absolute Gasteiger partial charge is 0.366 e. The average molecular weight is 496 g/mol. The number of pyridine rings is 1. The number of hydrazine groups is 1.